The van der Waals surface area contributed by atoms with Crippen molar-refractivity contribution < 1.29 is 0 Å². The second-order valence-electron chi connectivity index (χ2n) is 3.92. The molecule has 0 saturated carbocycles. The summed E-state index contributed by atoms with van der Waals surface area (Å²) in [6, 6.07) is 1.10. The molecule has 0 spiro atoms. The molecule has 0 aromatic rings. The highest BCUT2D eigenvalue weighted by molar-refractivity contribution is 4.92. The van der Waals surface area contributed by atoms with E-state index < -0.39 is 0 Å². The van der Waals surface area contributed by atoms with E-state index in [0.717, 1.165) is 6.54 Å². The second kappa shape index (κ2) is 2.96. The lowest BCUT2D eigenvalue weighted by Crippen LogP contribution is -2.62. The van der Waals surface area contributed by atoms with Gasteiger partial charge in [0.1, 0.15) is 0 Å². The van der Waals surface area contributed by atoms with E-state index in [2.05, 4.69) is 41.8 Å². The molecule has 12 heavy (non-hydrogen) atoms. The van der Waals surface area contributed by atoms with Crippen LogP contribution in [0.1, 0.15) is 20.8 Å². The molecule has 0 bridgehead atoms. The first-order valence-electron chi connectivity index (χ1n) is 4.72. The van der Waals surface area contributed by atoms with Crippen molar-refractivity contribution in [3.8, 4) is 0 Å². The average Bonchev–Trinajstić information content (AvgIpc) is 2.41. The fourth-order valence-electron chi connectivity index (χ4n) is 2.03. The Labute approximate surface area is 73.7 Å². The molecular weight excluding hydrogens is 152 g/mol. The average molecular weight is 170 g/mol. The maximum atomic E-state index is 3.49. The van der Waals surface area contributed by atoms with Gasteiger partial charge in [-0.3, -0.25) is 5.32 Å². The zero-order valence-corrected chi connectivity index (χ0v) is 7.96. The summed E-state index contributed by atoms with van der Waals surface area (Å²) >= 11 is 0. The third kappa shape index (κ3) is 1.25. The Kier molecular flexibility index (Phi) is 2.08. The van der Waals surface area contributed by atoms with Crippen molar-refractivity contribution >= 4 is 0 Å². The van der Waals surface area contributed by atoms with Crippen LogP contribution in [0.4, 0.5) is 0 Å². The number of hydrogen-bond acceptors (Lipinski definition) is 4. The van der Waals surface area contributed by atoms with E-state index in [9.17, 15) is 0 Å². The predicted molar refractivity (Wildman–Crippen MR) is 48.3 cm³/mol. The largest absolute Gasteiger partial charge is 0.310 e. The van der Waals surface area contributed by atoms with Crippen LogP contribution in [0.2, 0.25) is 0 Å². The molecule has 0 aliphatic carbocycles. The van der Waals surface area contributed by atoms with Gasteiger partial charge in [0.25, 0.3) is 0 Å². The smallest absolute Gasteiger partial charge is 0.0901 e. The summed E-state index contributed by atoms with van der Waals surface area (Å²) in [6.45, 7) is 7.67. The molecule has 70 valence electrons. The van der Waals surface area contributed by atoms with Crippen LogP contribution >= 0.6 is 0 Å². The third-order valence-corrected chi connectivity index (χ3v) is 2.75. The second-order valence-corrected chi connectivity index (χ2v) is 3.92. The Hall–Kier alpha value is -0.160. The normalized spacial score (nSPS) is 49.2. The van der Waals surface area contributed by atoms with Crippen molar-refractivity contribution in [2.24, 2.45) is 0 Å². The van der Waals surface area contributed by atoms with Crippen molar-refractivity contribution in [2.75, 3.05) is 6.54 Å². The van der Waals surface area contributed by atoms with E-state index in [1.165, 1.54) is 0 Å². The van der Waals surface area contributed by atoms with Gasteiger partial charge in [0, 0.05) is 18.6 Å². The van der Waals surface area contributed by atoms with Gasteiger partial charge >= 0.3 is 0 Å². The van der Waals surface area contributed by atoms with Gasteiger partial charge in [0.05, 0.1) is 12.3 Å². The molecule has 2 saturated heterocycles. The number of hydrazine groups is 1. The summed E-state index contributed by atoms with van der Waals surface area (Å²) in [5, 5.41) is 9.29. The predicted octanol–water partition coefficient (Wildman–Crippen LogP) is -0.551. The van der Waals surface area contributed by atoms with Crippen molar-refractivity contribution in [1.29, 1.82) is 0 Å². The van der Waals surface area contributed by atoms with E-state index in [-0.39, 0.29) is 0 Å². The zero-order valence-electron chi connectivity index (χ0n) is 7.96. The quantitative estimate of drug-likeness (QED) is 0.456. The third-order valence-electron chi connectivity index (χ3n) is 2.75. The summed E-state index contributed by atoms with van der Waals surface area (Å²) in [4.78, 5) is 0. The van der Waals surface area contributed by atoms with Crippen LogP contribution in [0.3, 0.4) is 0 Å². The highest BCUT2D eigenvalue weighted by Crippen LogP contribution is 2.14. The zero-order chi connectivity index (χ0) is 8.72. The first-order valence-corrected chi connectivity index (χ1v) is 4.72. The first-order chi connectivity index (χ1) is 5.68. The van der Waals surface area contributed by atoms with Crippen LogP contribution in [-0.2, 0) is 0 Å². The van der Waals surface area contributed by atoms with Gasteiger partial charge in [-0.2, -0.15) is 0 Å². The van der Waals surface area contributed by atoms with E-state index in [0.29, 0.717) is 24.4 Å². The van der Waals surface area contributed by atoms with E-state index in [4.69, 9.17) is 0 Å². The number of fused-ring (bicyclic) bond motifs is 1. The Balaban J connectivity index is 2.09. The SMILES string of the molecule is CC1NC2C(C)NCC(C)N2N1. The lowest BCUT2D eigenvalue weighted by molar-refractivity contribution is 0.0635. The molecule has 2 aliphatic heterocycles. The minimum Gasteiger partial charge on any atom is -0.310 e. The van der Waals surface area contributed by atoms with Crippen molar-refractivity contribution in [3.05, 3.63) is 0 Å². The van der Waals surface area contributed by atoms with Crippen molar-refractivity contribution in [3.63, 3.8) is 0 Å². The lowest BCUT2D eigenvalue weighted by atomic mass is 10.1. The van der Waals surface area contributed by atoms with Crippen LogP contribution in [0.5, 0.6) is 0 Å². The molecule has 4 atom stereocenters. The van der Waals surface area contributed by atoms with Crippen molar-refractivity contribution in [1.82, 2.24) is 21.1 Å². The van der Waals surface area contributed by atoms with Gasteiger partial charge in [0.2, 0.25) is 0 Å². The van der Waals surface area contributed by atoms with Crippen LogP contribution in [0.15, 0.2) is 0 Å². The standard InChI is InChI=1S/C8H18N4/c1-5-4-9-6(2)8-10-7(3)11-12(5)8/h5-11H,4H2,1-3H3. The van der Waals surface area contributed by atoms with E-state index in [1.54, 1.807) is 0 Å². The molecule has 2 fully saturated rings. The molecule has 0 aromatic carbocycles. The van der Waals surface area contributed by atoms with Gasteiger partial charge < -0.3 is 5.32 Å². The van der Waals surface area contributed by atoms with Gasteiger partial charge in [-0.15, -0.1) is 0 Å². The topological polar surface area (TPSA) is 39.3 Å². The molecule has 0 aromatic heterocycles. The Bertz CT molecular complexity index is 154. The minimum absolute atomic E-state index is 0.403. The minimum atomic E-state index is 0.403. The molecule has 4 unspecified atom stereocenters. The molecule has 0 radical (unpaired) electrons. The number of hydrogen-bond donors (Lipinski definition) is 3. The molecule has 2 aliphatic rings. The highest BCUT2D eigenvalue weighted by Gasteiger charge is 2.38. The molecule has 2 rings (SSSR count). The van der Waals surface area contributed by atoms with Crippen LogP contribution in [0, 0.1) is 0 Å². The van der Waals surface area contributed by atoms with Gasteiger partial charge in [0.15, 0.2) is 0 Å². The molecule has 4 nitrogen and oxygen atoms in total. The molecule has 0 amide bonds. The number of nitrogens with zero attached hydrogens (tertiary/aromatic N) is 1. The molecule has 4 heteroatoms. The summed E-state index contributed by atoms with van der Waals surface area (Å²) in [7, 11) is 0. The summed E-state index contributed by atoms with van der Waals surface area (Å²) < 4.78 is 0. The van der Waals surface area contributed by atoms with Gasteiger partial charge in [-0.25, -0.2) is 10.4 Å². The monoisotopic (exact) mass is 170 g/mol. The Morgan fingerprint density at radius 1 is 1.25 bits per heavy atom. The van der Waals surface area contributed by atoms with Crippen LogP contribution in [0.25, 0.3) is 0 Å². The Morgan fingerprint density at radius 3 is 2.67 bits per heavy atom. The number of piperazine rings is 1. The molecule has 2 heterocycles. The van der Waals surface area contributed by atoms with Gasteiger partial charge in [-0.1, -0.05) is 0 Å². The maximum absolute atomic E-state index is 3.49. The fraction of sp³-hybridized carbons (Fsp3) is 1.00. The lowest BCUT2D eigenvalue weighted by Gasteiger charge is -2.39. The molecule has 3 N–H and O–H groups in total. The van der Waals surface area contributed by atoms with E-state index in [1.807, 2.05) is 0 Å². The maximum Gasteiger partial charge on any atom is 0.0901 e. The number of rotatable bonds is 0. The summed E-state index contributed by atoms with van der Waals surface area (Å²) in [5.74, 6) is 0. The Morgan fingerprint density at radius 2 is 2.00 bits per heavy atom. The summed E-state index contributed by atoms with van der Waals surface area (Å²) in [6.07, 6.45) is 0.851. The van der Waals surface area contributed by atoms with Crippen LogP contribution < -0.4 is 16.1 Å². The highest BCUT2D eigenvalue weighted by atomic mass is 15.7. The molecular formula is C8H18N4. The van der Waals surface area contributed by atoms with Crippen molar-refractivity contribution in [2.45, 2.75) is 45.2 Å². The summed E-state index contributed by atoms with van der Waals surface area (Å²) in [5.41, 5.74) is 3.42. The first kappa shape index (κ1) is 8.44. The van der Waals surface area contributed by atoms with Crippen LogP contribution in [-0.4, -0.2) is 36.0 Å². The van der Waals surface area contributed by atoms with E-state index >= 15 is 0 Å². The fourth-order valence-corrected chi connectivity index (χ4v) is 2.03. The van der Waals surface area contributed by atoms with Gasteiger partial charge in [-0.05, 0) is 20.8 Å². The number of nitrogens with one attached hydrogen (secondary N) is 3.